The van der Waals surface area contributed by atoms with Crippen LogP contribution >= 0.6 is 0 Å². The molecule has 6 nitrogen and oxygen atoms in total. The zero-order valence-corrected chi connectivity index (χ0v) is 12.2. The maximum atomic E-state index is 12.1. The van der Waals surface area contributed by atoms with E-state index < -0.39 is 5.97 Å². The van der Waals surface area contributed by atoms with Crippen LogP contribution in [-0.2, 0) is 4.79 Å². The standard InChI is InChI=1S/C14H26N2O4/c1-2-11(8-13(18)19)9-15-14(20)16-6-3-4-12(10-16)5-7-17/h11-12,17H,2-10H2,1H3,(H,15,20)(H,18,19). The first kappa shape index (κ1) is 16.8. The van der Waals surface area contributed by atoms with Gasteiger partial charge in [-0.05, 0) is 31.1 Å². The van der Waals surface area contributed by atoms with E-state index in [4.69, 9.17) is 10.2 Å². The van der Waals surface area contributed by atoms with Crippen LogP contribution in [0.4, 0.5) is 4.79 Å². The molecule has 1 rings (SSSR count). The molecule has 0 aromatic heterocycles. The van der Waals surface area contributed by atoms with Crippen molar-refractivity contribution in [3.63, 3.8) is 0 Å². The number of aliphatic carboxylic acids is 1. The third kappa shape index (κ3) is 5.77. The van der Waals surface area contributed by atoms with Crippen LogP contribution in [0.3, 0.4) is 0 Å². The summed E-state index contributed by atoms with van der Waals surface area (Å²) in [5.41, 5.74) is 0. The number of hydrogen-bond acceptors (Lipinski definition) is 3. The minimum atomic E-state index is -0.827. The van der Waals surface area contributed by atoms with Crippen molar-refractivity contribution in [3.05, 3.63) is 0 Å². The number of aliphatic hydroxyl groups excluding tert-OH is 1. The molecule has 1 saturated heterocycles. The maximum absolute atomic E-state index is 12.1. The number of amides is 2. The predicted octanol–water partition coefficient (Wildman–Crippen LogP) is 1.29. The molecule has 0 bridgehead atoms. The second kappa shape index (κ2) is 8.79. The highest BCUT2D eigenvalue weighted by molar-refractivity contribution is 5.74. The van der Waals surface area contributed by atoms with Crippen LogP contribution < -0.4 is 5.32 Å². The first-order chi connectivity index (χ1) is 9.56. The van der Waals surface area contributed by atoms with E-state index in [1.54, 1.807) is 4.90 Å². The molecular weight excluding hydrogens is 260 g/mol. The van der Waals surface area contributed by atoms with Crippen molar-refractivity contribution < 1.29 is 19.8 Å². The highest BCUT2D eigenvalue weighted by Crippen LogP contribution is 2.19. The summed E-state index contributed by atoms with van der Waals surface area (Å²) in [6, 6.07) is -0.114. The molecule has 1 aliphatic rings. The molecule has 0 radical (unpaired) electrons. The Morgan fingerprint density at radius 3 is 2.80 bits per heavy atom. The van der Waals surface area contributed by atoms with Gasteiger partial charge >= 0.3 is 12.0 Å². The molecule has 1 aliphatic heterocycles. The molecule has 0 aromatic carbocycles. The Kier molecular flexibility index (Phi) is 7.36. The molecule has 0 aromatic rings. The molecule has 20 heavy (non-hydrogen) atoms. The molecule has 1 heterocycles. The van der Waals surface area contributed by atoms with E-state index in [2.05, 4.69) is 5.32 Å². The van der Waals surface area contributed by atoms with Crippen molar-refractivity contribution in [3.8, 4) is 0 Å². The van der Waals surface area contributed by atoms with Crippen molar-refractivity contribution in [2.45, 2.75) is 39.0 Å². The number of nitrogens with zero attached hydrogens (tertiary/aromatic N) is 1. The van der Waals surface area contributed by atoms with E-state index in [9.17, 15) is 9.59 Å². The van der Waals surface area contributed by atoms with E-state index in [0.717, 1.165) is 32.2 Å². The van der Waals surface area contributed by atoms with Gasteiger partial charge in [0, 0.05) is 32.7 Å². The number of aliphatic hydroxyl groups is 1. The van der Waals surface area contributed by atoms with Crippen molar-refractivity contribution in [1.82, 2.24) is 10.2 Å². The number of carboxylic acid groups (broad SMARTS) is 1. The topological polar surface area (TPSA) is 89.9 Å². The molecular formula is C14H26N2O4. The SMILES string of the molecule is CCC(CNC(=O)N1CCCC(CCO)C1)CC(=O)O. The molecule has 0 aliphatic carbocycles. The quantitative estimate of drug-likeness (QED) is 0.658. The summed E-state index contributed by atoms with van der Waals surface area (Å²) in [4.78, 5) is 24.5. The number of likely N-dealkylation sites (tertiary alicyclic amines) is 1. The van der Waals surface area contributed by atoms with Crippen molar-refractivity contribution in [2.75, 3.05) is 26.2 Å². The Balaban J connectivity index is 2.35. The summed E-state index contributed by atoms with van der Waals surface area (Å²) in [5, 5.41) is 20.6. The van der Waals surface area contributed by atoms with Crippen molar-refractivity contribution in [1.29, 1.82) is 0 Å². The Hall–Kier alpha value is -1.30. The lowest BCUT2D eigenvalue weighted by molar-refractivity contribution is -0.138. The molecule has 3 N–H and O–H groups in total. The van der Waals surface area contributed by atoms with E-state index >= 15 is 0 Å². The third-order valence-electron chi connectivity index (χ3n) is 3.93. The van der Waals surface area contributed by atoms with Gasteiger partial charge in [0.05, 0.1) is 0 Å². The molecule has 116 valence electrons. The van der Waals surface area contributed by atoms with Gasteiger partial charge in [-0.3, -0.25) is 4.79 Å². The number of carbonyl (C=O) groups excluding carboxylic acids is 1. The van der Waals surface area contributed by atoms with Crippen LogP contribution in [0.2, 0.25) is 0 Å². The molecule has 1 fully saturated rings. The van der Waals surface area contributed by atoms with Crippen molar-refractivity contribution >= 4 is 12.0 Å². The Labute approximate surface area is 120 Å². The third-order valence-corrected chi connectivity index (χ3v) is 3.93. The number of hydrogen-bond donors (Lipinski definition) is 3. The van der Waals surface area contributed by atoms with Gasteiger partial charge in [-0.15, -0.1) is 0 Å². The Morgan fingerprint density at radius 1 is 1.45 bits per heavy atom. The zero-order valence-electron chi connectivity index (χ0n) is 12.2. The highest BCUT2D eigenvalue weighted by atomic mass is 16.4. The molecule has 6 heteroatoms. The summed E-state index contributed by atoms with van der Waals surface area (Å²) in [7, 11) is 0. The highest BCUT2D eigenvalue weighted by Gasteiger charge is 2.23. The summed E-state index contributed by atoms with van der Waals surface area (Å²) < 4.78 is 0. The van der Waals surface area contributed by atoms with Gasteiger partial charge in [-0.1, -0.05) is 13.3 Å². The fraction of sp³-hybridized carbons (Fsp3) is 0.857. The maximum Gasteiger partial charge on any atom is 0.317 e. The lowest BCUT2D eigenvalue weighted by Gasteiger charge is -2.33. The van der Waals surface area contributed by atoms with Gasteiger partial charge in [0.1, 0.15) is 0 Å². The van der Waals surface area contributed by atoms with Gasteiger partial charge in [-0.2, -0.15) is 0 Å². The van der Waals surface area contributed by atoms with Crippen LogP contribution in [0.1, 0.15) is 39.0 Å². The van der Waals surface area contributed by atoms with E-state index in [-0.39, 0.29) is 25.0 Å². The Morgan fingerprint density at radius 2 is 2.20 bits per heavy atom. The minimum Gasteiger partial charge on any atom is -0.481 e. The molecule has 2 amide bonds. The fourth-order valence-electron chi connectivity index (χ4n) is 2.62. The number of urea groups is 1. The molecule has 2 atom stereocenters. The smallest absolute Gasteiger partial charge is 0.317 e. The van der Waals surface area contributed by atoms with Crippen LogP contribution in [0.5, 0.6) is 0 Å². The summed E-state index contributed by atoms with van der Waals surface area (Å²) in [6.45, 7) is 3.92. The predicted molar refractivity (Wildman–Crippen MR) is 75.4 cm³/mol. The first-order valence-corrected chi connectivity index (χ1v) is 7.42. The summed E-state index contributed by atoms with van der Waals surface area (Å²) in [5.74, 6) is -0.470. The van der Waals surface area contributed by atoms with E-state index in [1.807, 2.05) is 6.92 Å². The number of carboxylic acids is 1. The van der Waals surface area contributed by atoms with Crippen LogP contribution in [0.15, 0.2) is 0 Å². The minimum absolute atomic E-state index is 0.0190. The molecule has 0 saturated carbocycles. The van der Waals surface area contributed by atoms with Gasteiger partial charge < -0.3 is 20.4 Å². The van der Waals surface area contributed by atoms with Gasteiger partial charge in [0.15, 0.2) is 0 Å². The van der Waals surface area contributed by atoms with Crippen molar-refractivity contribution in [2.24, 2.45) is 11.8 Å². The second-order valence-corrected chi connectivity index (χ2v) is 5.52. The van der Waals surface area contributed by atoms with Gasteiger partial charge in [0.25, 0.3) is 0 Å². The molecule has 2 unspecified atom stereocenters. The second-order valence-electron chi connectivity index (χ2n) is 5.52. The number of carbonyl (C=O) groups is 2. The van der Waals surface area contributed by atoms with E-state index in [1.165, 1.54) is 0 Å². The normalized spacial score (nSPS) is 20.5. The van der Waals surface area contributed by atoms with E-state index in [0.29, 0.717) is 19.0 Å². The average Bonchev–Trinajstić information content (AvgIpc) is 2.43. The lowest BCUT2D eigenvalue weighted by atomic mass is 9.95. The van der Waals surface area contributed by atoms with Crippen LogP contribution in [0, 0.1) is 11.8 Å². The van der Waals surface area contributed by atoms with Gasteiger partial charge in [-0.25, -0.2) is 4.79 Å². The lowest BCUT2D eigenvalue weighted by Crippen LogP contribution is -2.46. The van der Waals surface area contributed by atoms with Crippen LogP contribution in [-0.4, -0.2) is 53.4 Å². The number of rotatable bonds is 7. The number of piperidine rings is 1. The average molecular weight is 286 g/mol. The monoisotopic (exact) mass is 286 g/mol. The first-order valence-electron chi connectivity index (χ1n) is 7.42. The number of nitrogens with one attached hydrogen (secondary N) is 1. The zero-order chi connectivity index (χ0) is 15.0. The fourth-order valence-corrected chi connectivity index (χ4v) is 2.62. The Bertz CT molecular complexity index is 320. The summed E-state index contributed by atoms with van der Waals surface area (Å²) >= 11 is 0. The largest absolute Gasteiger partial charge is 0.481 e. The van der Waals surface area contributed by atoms with Gasteiger partial charge in [0.2, 0.25) is 0 Å². The van der Waals surface area contributed by atoms with Crippen LogP contribution in [0.25, 0.3) is 0 Å². The summed E-state index contributed by atoms with van der Waals surface area (Å²) in [6.07, 6.45) is 3.58. The molecule has 0 spiro atoms.